The molecule has 13 nitrogen and oxygen atoms in total. The van der Waals surface area contributed by atoms with Crippen LogP contribution in [0.2, 0.25) is 0 Å². The molecule has 44 heavy (non-hydrogen) atoms. The molecule has 14 heteroatoms. The molecule has 0 aliphatic heterocycles. The first-order valence-electron chi connectivity index (χ1n) is 13.5. The van der Waals surface area contributed by atoms with Crippen LogP contribution in [0.4, 0.5) is 17.3 Å². The van der Waals surface area contributed by atoms with Gasteiger partial charge in [-0.1, -0.05) is 12.1 Å². The number of benzene rings is 2. The number of nitrogens with one attached hydrogen (secondary N) is 3. The van der Waals surface area contributed by atoms with E-state index in [1.54, 1.807) is 40.9 Å². The van der Waals surface area contributed by atoms with Crippen LogP contribution in [-0.4, -0.2) is 45.1 Å². The summed E-state index contributed by atoms with van der Waals surface area (Å²) in [6.45, 7) is 5.97. The third kappa shape index (κ3) is 6.58. The summed E-state index contributed by atoms with van der Waals surface area (Å²) in [5.74, 6) is 0.510. The lowest BCUT2D eigenvalue weighted by atomic mass is 10.0. The minimum Gasteiger partial charge on any atom is -0.382 e. The molecule has 3 heterocycles. The Morgan fingerprint density at radius 1 is 1.11 bits per heavy atom. The van der Waals surface area contributed by atoms with E-state index in [0.29, 0.717) is 22.8 Å². The number of fused-ring (bicyclic) bond motifs is 1. The molecule has 0 spiro atoms. The lowest BCUT2D eigenvalue weighted by Crippen LogP contribution is -2.23. The van der Waals surface area contributed by atoms with Crippen molar-refractivity contribution in [2.45, 2.75) is 33.4 Å². The fourth-order valence-corrected chi connectivity index (χ4v) is 5.27. The second-order valence-corrected chi connectivity index (χ2v) is 12.2. The van der Waals surface area contributed by atoms with E-state index in [1.165, 1.54) is 6.33 Å². The number of nitriles is 1. The van der Waals surface area contributed by atoms with Crippen molar-refractivity contribution in [3.63, 3.8) is 0 Å². The Morgan fingerprint density at radius 2 is 1.86 bits per heavy atom. The summed E-state index contributed by atoms with van der Waals surface area (Å²) >= 11 is 0. The predicted molar refractivity (Wildman–Crippen MR) is 167 cm³/mol. The average molecular weight is 611 g/mol. The number of rotatable bonds is 9. The number of nitrogens with zero attached hydrogens (tertiary/aromatic N) is 6. The highest BCUT2D eigenvalue weighted by molar-refractivity contribution is 7.92. The van der Waals surface area contributed by atoms with E-state index in [0.717, 1.165) is 34.0 Å². The van der Waals surface area contributed by atoms with Crippen LogP contribution < -0.4 is 21.1 Å². The highest BCUT2D eigenvalue weighted by Crippen LogP contribution is 2.29. The second-order valence-electron chi connectivity index (χ2n) is 10.4. The topological polar surface area (TPSA) is 193 Å². The van der Waals surface area contributed by atoms with Gasteiger partial charge in [0, 0.05) is 29.6 Å². The van der Waals surface area contributed by atoms with Gasteiger partial charge < -0.3 is 16.4 Å². The molecule has 0 radical (unpaired) electrons. The molecule has 5 aromatic rings. The number of carbonyl (C=O) groups excluding carboxylic acids is 1. The molecule has 5 rings (SSSR count). The quantitative estimate of drug-likeness (QED) is 0.191. The van der Waals surface area contributed by atoms with Crippen molar-refractivity contribution < 1.29 is 13.2 Å². The Balaban J connectivity index is 1.43. The molecule has 1 amide bonds. The third-order valence-electron chi connectivity index (χ3n) is 6.78. The van der Waals surface area contributed by atoms with Gasteiger partial charge in [-0.05, 0) is 73.9 Å². The van der Waals surface area contributed by atoms with Gasteiger partial charge in [-0.2, -0.15) is 10.4 Å². The van der Waals surface area contributed by atoms with Gasteiger partial charge in [0.2, 0.25) is 10.0 Å². The average Bonchev–Trinajstić information content (AvgIpc) is 3.35. The molecular weight excluding hydrogens is 580 g/mol. The van der Waals surface area contributed by atoms with Gasteiger partial charge in [-0.25, -0.2) is 27.9 Å². The van der Waals surface area contributed by atoms with Crippen molar-refractivity contribution in [1.29, 1.82) is 5.26 Å². The van der Waals surface area contributed by atoms with E-state index in [9.17, 15) is 18.5 Å². The zero-order valence-corrected chi connectivity index (χ0v) is 25.3. The number of hydrogen-bond acceptors (Lipinski definition) is 10. The number of sulfonamides is 1. The van der Waals surface area contributed by atoms with E-state index in [-0.39, 0.29) is 29.7 Å². The summed E-state index contributed by atoms with van der Waals surface area (Å²) in [5.41, 5.74) is 11.7. The first kappa shape index (κ1) is 29.9. The van der Waals surface area contributed by atoms with E-state index in [2.05, 4.69) is 25.3 Å². The molecule has 5 N–H and O–H groups in total. The molecule has 3 aromatic heterocycles. The van der Waals surface area contributed by atoms with Crippen molar-refractivity contribution in [3.8, 4) is 17.3 Å². The number of hydrogen-bond donors (Lipinski definition) is 4. The number of aromatic nitrogens is 5. The Bertz CT molecular complexity index is 2030. The number of nitrogen functional groups attached to an aromatic ring is 1. The Kier molecular flexibility index (Phi) is 8.15. The Labute approximate surface area is 254 Å². The van der Waals surface area contributed by atoms with Crippen molar-refractivity contribution in [2.24, 2.45) is 0 Å². The molecular formula is C30H30N10O3S. The molecule has 0 fully saturated rings. The molecule has 0 saturated carbocycles. The predicted octanol–water partition coefficient (Wildman–Crippen LogP) is 3.73. The van der Waals surface area contributed by atoms with Crippen molar-refractivity contribution in [3.05, 3.63) is 94.7 Å². The van der Waals surface area contributed by atoms with Crippen molar-refractivity contribution in [2.75, 3.05) is 22.0 Å². The normalized spacial score (nSPS) is 12.0. The Morgan fingerprint density at radius 3 is 2.57 bits per heavy atom. The maximum atomic E-state index is 13.3. The monoisotopic (exact) mass is 610 g/mol. The first-order chi connectivity index (χ1) is 20.9. The van der Waals surface area contributed by atoms with Crippen LogP contribution in [-0.2, 0) is 16.6 Å². The maximum absolute atomic E-state index is 13.3. The van der Waals surface area contributed by atoms with E-state index >= 15 is 0 Å². The van der Waals surface area contributed by atoms with Gasteiger partial charge in [0.1, 0.15) is 29.6 Å². The molecule has 0 saturated heterocycles. The Hall–Kier alpha value is -5.55. The number of amides is 1. The zero-order valence-electron chi connectivity index (χ0n) is 24.5. The molecule has 1 unspecified atom stereocenters. The lowest BCUT2D eigenvalue weighted by molar-refractivity contribution is 0.0951. The van der Waals surface area contributed by atoms with Gasteiger partial charge in [-0.15, -0.1) is 0 Å². The fourth-order valence-electron chi connectivity index (χ4n) is 4.71. The van der Waals surface area contributed by atoms with Crippen LogP contribution in [0.15, 0.2) is 61.1 Å². The highest BCUT2D eigenvalue weighted by atomic mass is 32.2. The zero-order chi connectivity index (χ0) is 31.6. The number of carbonyl (C=O) groups is 1. The summed E-state index contributed by atoms with van der Waals surface area (Å²) in [6.07, 6.45) is 4.21. The molecule has 1 atom stereocenters. The van der Waals surface area contributed by atoms with Crippen molar-refractivity contribution >= 4 is 38.8 Å². The second kappa shape index (κ2) is 12.0. The van der Waals surface area contributed by atoms with Crippen molar-refractivity contribution in [1.82, 2.24) is 29.9 Å². The van der Waals surface area contributed by atoms with Gasteiger partial charge >= 0.3 is 0 Å². The summed E-state index contributed by atoms with van der Waals surface area (Å²) in [7, 11) is -3.38. The number of anilines is 3. The van der Waals surface area contributed by atoms with Gasteiger partial charge in [-0.3, -0.25) is 9.52 Å². The SMILES string of the molecule is Cc1cc(C(=O)NCc2ccc(NS(C)(=O)=O)cc2)cc(-c2nc(C(C)Nc3ncnc(N)c3C#N)nn3ccc(C)c23)c1. The van der Waals surface area contributed by atoms with Crippen LogP contribution in [0, 0.1) is 25.2 Å². The summed E-state index contributed by atoms with van der Waals surface area (Å²) in [6, 6.07) is 15.8. The molecule has 0 aliphatic carbocycles. The van der Waals surface area contributed by atoms with Gasteiger partial charge in [0.05, 0.1) is 23.5 Å². The highest BCUT2D eigenvalue weighted by Gasteiger charge is 2.20. The molecule has 0 aliphatic rings. The maximum Gasteiger partial charge on any atom is 0.251 e. The van der Waals surface area contributed by atoms with E-state index in [4.69, 9.17) is 15.8 Å². The van der Waals surface area contributed by atoms with Crippen LogP contribution in [0.25, 0.3) is 16.8 Å². The standard InChI is InChI=1S/C30H30N10O3S/c1-17-11-21(13-22(12-17)30(41)33-15-20-5-7-23(8-6-20)39-44(4,42)43)25-26-18(2)9-10-40(26)38-28(37-25)19(3)36-29-24(14-31)27(32)34-16-35-29/h5-13,16,19,39H,15H2,1-4H3,(H,33,41)(H3,32,34,35,36). The van der Waals surface area contributed by atoms with Crippen LogP contribution in [0.3, 0.4) is 0 Å². The van der Waals surface area contributed by atoms with Crippen LogP contribution in [0.5, 0.6) is 0 Å². The largest absolute Gasteiger partial charge is 0.382 e. The van der Waals surface area contributed by atoms with Crippen LogP contribution in [0.1, 0.15) is 51.4 Å². The fraction of sp³-hybridized carbons (Fsp3) is 0.200. The minimum absolute atomic E-state index is 0.0711. The minimum atomic E-state index is -3.38. The number of nitrogens with two attached hydrogens (primary N) is 1. The summed E-state index contributed by atoms with van der Waals surface area (Å²) in [5, 5.41) is 20.3. The van der Waals surface area contributed by atoms with Crippen LogP contribution >= 0.6 is 0 Å². The number of aryl methyl sites for hydroxylation is 2. The van der Waals surface area contributed by atoms with Gasteiger partial charge in [0.15, 0.2) is 5.82 Å². The van der Waals surface area contributed by atoms with Gasteiger partial charge in [0.25, 0.3) is 5.91 Å². The smallest absolute Gasteiger partial charge is 0.251 e. The molecule has 2 aromatic carbocycles. The first-order valence-corrected chi connectivity index (χ1v) is 15.4. The molecule has 0 bridgehead atoms. The summed E-state index contributed by atoms with van der Waals surface area (Å²) in [4.78, 5) is 26.2. The van der Waals surface area contributed by atoms with E-state index in [1.807, 2.05) is 45.2 Å². The third-order valence-corrected chi connectivity index (χ3v) is 7.39. The summed E-state index contributed by atoms with van der Waals surface area (Å²) < 4.78 is 27.1. The lowest BCUT2D eigenvalue weighted by Gasteiger charge is -2.17. The van der Waals surface area contributed by atoms with E-state index < -0.39 is 16.1 Å². The molecule has 224 valence electrons.